The van der Waals surface area contributed by atoms with Gasteiger partial charge in [-0.25, -0.2) is 8.42 Å². The van der Waals surface area contributed by atoms with Gasteiger partial charge in [-0.15, -0.1) is 0 Å². The third-order valence-electron chi connectivity index (χ3n) is 3.88. The van der Waals surface area contributed by atoms with Crippen LogP contribution in [0.15, 0.2) is 24.3 Å². The standard InChI is InChI=1S/C15H22ClNO2S/c1-3-4-14(12-5-7-13(16)8-6-12)17-15(2)9-10-20(18,19)11-15/h5-8,14,17H,3-4,9-11H2,1-2H3. The number of hydrogen-bond donors (Lipinski definition) is 1. The van der Waals surface area contributed by atoms with Crippen molar-refractivity contribution in [3.63, 3.8) is 0 Å². The molecular formula is C15H22ClNO2S. The van der Waals surface area contributed by atoms with Crippen LogP contribution in [0.25, 0.3) is 0 Å². The summed E-state index contributed by atoms with van der Waals surface area (Å²) >= 11 is 5.93. The molecule has 20 heavy (non-hydrogen) atoms. The number of halogens is 1. The number of nitrogens with one attached hydrogen (secondary N) is 1. The highest BCUT2D eigenvalue weighted by atomic mass is 35.5. The monoisotopic (exact) mass is 315 g/mol. The summed E-state index contributed by atoms with van der Waals surface area (Å²) in [6.07, 6.45) is 2.71. The molecule has 0 radical (unpaired) electrons. The van der Waals surface area contributed by atoms with Gasteiger partial charge in [0.1, 0.15) is 0 Å². The third-order valence-corrected chi connectivity index (χ3v) is 6.03. The lowest BCUT2D eigenvalue weighted by Crippen LogP contribution is -2.45. The Morgan fingerprint density at radius 3 is 2.50 bits per heavy atom. The topological polar surface area (TPSA) is 46.2 Å². The molecule has 3 nitrogen and oxygen atoms in total. The van der Waals surface area contributed by atoms with Gasteiger partial charge in [0.15, 0.2) is 9.84 Å². The first-order valence-electron chi connectivity index (χ1n) is 7.07. The molecule has 2 rings (SSSR count). The van der Waals surface area contributed by atoms with Crippen molar-refractivity contribution < 1.29 is 8.42 Å². The van der Waals surface area contributed by atoms with E-state index in [0.29, 0.717) is 6.42 Å². The molecule has 1 aromatic carbocycles. The maximum absolute atomic E-state index is 11.7. The molecular weight excluding hydrogens is 294 g/mol. The first-order valence-corrected chi connectivity index (χ1v) is 9.27. The summed E-state index contributed by atoms with van der Waals surface area (Å²) in [5, 5.41) is 4.28. The molecule has 1 saturated heterocycles. The smallest absolute Gasteiger partial charge is 0.152 e. The minimum atomic E-state index is -2.89. The number of benzene rings is 1. The van der Waals surface area contributed by atoms with Gasteiger partial charge in [-0.3, -0.25) is 0 Å². The molecule has 112 valence electrons. The predicted octanol–water partition coefficient (Wildman–Crippen LogP) is 3.35. The van der Waals surface area contributed by atoms with E-state index in [2.05, 4.69) is 12.2 Å². The van der Waals surface area contributed by atoms with Crippen LogP contribution in [0, 0.1) is 0 Å². The van der Waals surface area contributed by atoms with Gasteiger partial charge in [0.25, 0.3) is 0 Å². The van der Waals surface area contributed by atoms with Gasteiger partial charge in [0, 0.05) is 16.6 Å². The highest BCUT2D eigenvalue weighted by Gasteiger charge is 2.39. The van der Waals surface area contributed by atoms with Crippen LogP contribution in [0.1, 0.15) is 44.7 Å². The molecule has 2 atom stereocenters. The van der Waals surface area contributed by atoms with Crippen molar-refractivity contribution >= 4 is 21.4 Å². The van der Waals surface area contributed by atoms with Crippen LogP contribution in [-0.4, -0.2) is 25.5 Å². The van der Waals surface area contributed by atoms with Crippen molar-refractivity contribution in [3.05, 3.63) is 34.9 Å². The molecule has 1 N–H and O–H groups in total. The van der Waals surface area contributed by atoms with Crippen molar-refractivity contribution in [3.8, 4) is 0 Å². The minimum Gasteiger partial charge on any atom is -0.304 e. The van der Waals surface area contributed by atoms with Gasteiger partial charge in [-0.05, 0) is 37.5 Å². The highest BCUT2D eigenvalue weighted by Crippen LogP contribution is 2.29. The summed E-state index contributed by atoms with van der Waals surface area (Å²) in [6.45, 7) is 4.15. The van der Waals surface area contributed by atoms with E-state index in [9.17, 15) is 8.42 Å². The van der Waals surface area contributed by atoms with Crippen LogP contribution in [0.4, 0.5) is 0 Å². The van der Waals surface area contributed by atoms with E-state index in [0.717, 1.165) is 17.9 Å². The number of rotatable bonds is 5. The molecule has 0 aliphatic carbocycles. The Hall–Kier alpha value is -0.580. The molecule has 1 heterocycles. The lowest BCUT2D eigenvalue weighted by molar-refractivity contribution is 0.330. The summed E-state index contributed by atoms with van der Waals surface area (Å²) in [7, 11) is -2.89. The van der Waals surface area contributed by atoms with Crippen molar-refractivity contribution in [1.82, 2.24) is 5.32 Å². The largest absolute Gasteiger partial charge is 0.304 e. The summed E-state index contributed by atoms with van der Waals surface area (Å²) in [4.78, 5) is 0. The first-order chi connectivity index (χ1) is 9.34. The Bertz CT molecular complexity index is 556. The van der Waals surface area contributed by atoms with Crippen molar-refractivity contribution in [2.75, 3.05) is 11.5 Å². The number of sulfone groups is 1. The zero-order chi connectivity index (χ0) is 14.8. The van der Waals surface area contributed by atoms with Crippen LogP contribution in [-0.2, 0) is 9.84 Å². The molecule has 0 saturated carbocycles. The molecule has 1 aliphatic rings. The van der Waals surface area contributed by atoms with Crippen LogP contribution in [0.3, 0.4) is 0 Å². The normalized spacial score (nSPS) is 26.6. The summed E-state index contributed by atoms with van der Waals surface area (Å²) in [5.41, 5.74) is 0.847. The third kappa shape index (κ3) is 3.96. The van der Waals surface area contributed by atoms with E-state index in [1.54, 1.807) is 0 Å². The van der Waals surface area contributed by atoms with Crippen LogP contribution in [0.2, 0.25) is 5.02 Å². The zero-order valence-electron chi connectivity index (χ0n) is 12.0. The molecule has 0 spiro atoms. The van der Waals surface area contributed by atoms with E-state index >= 15 is 0 Å². The average molecular weight is 316 g/mol. The SMILES string of the molecule is CCCC(NC1(C)CCS(=O)(=O)C1)c1ccc(Cl)cc1. The molecule has 1 aromatic rings. The Kier molecular flexibility index (Phi) is 4.77. The molecule has 1 aliphatic heterocycles. The fraction of sp³-hybridized carbons (Fsp3) is 0.600. The molecule has 2 unspecified atom stereocenters. The van der Waals surface area contributed by atoms with Crippen LogP contribution in [0.5, 0.6) is 0 Å². The van der Waals surface area contributed by atoms with Crippen LogP contribution < -0.4 is 5.32 Å². The summed E-state index contributed by atoms with van der Waals surface area (Å²) in [5.74, 6) is 0.518. The minimum absolute atomic E-state index is 0.176. The second kappa shape index (κ2) is 6.04. The van der Waals surface area contributed by atoms with Crippen molar-refractivity contribution in [2.45, 2.75) is 44.7 Å². The van der Waals surface area contributed by atoms with E-state index in [1.807, 2.05) is 31.2 Å². The average Bonchev–Trinajstić information content (AvgIpc) is 2.64. The van der Waals surface area contributed by atoms with E-state index in [4.69, 9.17) is 11.6 Å². The predicted molar refractivity (Wildman–Crippen MR) is 83.9 cm³/mol. The fourth-order valence-electron chi connectivity index (χ4n) is 2.85. The lowest BCUT2D eigenvalue weighted by Gasteiger charge is -2.31. The van der Waals surface area contributed by atoms with Gasteiger partial charge in [0.2, 0.25) is 0 Å². The second-order valence-electron chi connectivity index (χ2n) is 5.94. The van der Waals surface area contributed by atoms with E-state index < -0.39 is 9.84 Å². The molecule has 0 aromatic heterocycles. The van der Waals surface area contributed by atoms with Crippen LogP contribution >= 0.6 is 11.6 Å². The van der Waals surface area contributed by atoms with Gasteiger partial charge >= 0.3 is 0 Å². The second-order valence-corrected chi connectivity index (χ2v) is 8.56. The van der Waals surface area contributed by atoms with E-state index in [-0.39, 0.29) is 23.1 Å². The highest BCUT2D eigenvalue weighted by molar-refractivity contribution is 7.91. The van der Waals surface area contributed by atoms with E-state index in [1.165, 1.54) is 5.56 Å². The van der Waals surface area contributed by atoms with Gasteiger partial charge in [0.05, 0.1) is 11.5 Å². The summed E-state index contributed by atoms with van der Waals surface area (Å²) < 4.78 is 23.4. The van der Waals surface area contributed by atoms with Gasteiger partial charge in [-0.1, -0.05) is 37.1 Å². The molecule has 0 bridgehead atoms. The zero-order valence-corrected chi connectivity index (χ0v) is 13.6. The molecule has 1 fully saturated rings. The quantitative estimate of drug-likeness (QED) is 0.906. The fourth-order valence-corrected chi connectivity index (χ4v) is 5.08. The Labute approximate surface area is 126 Å². The Balaban J connectivity index is 2.16. The maximum atomic E-state index is 11.7. The van der Waals surface area contributed by atoms with Crippen molar-refractivity contribution in [1.29, 1.82) is 0 Å². The lowest BCUT2D eigenvalue weighted by atomic mass is 9.95. The Morgan fingerprint density at radius 2 is 2.00 bits per heavy atom. The van der Waals surface area contributed by atoms with Gasteiger partial charge in [-0.2, -0.15) is 0 Å². The van der Waals surface area contributed by atoms with Gasteiger partial charge < -0.3 is 5.32 Å². The number of hydrogen-bond acceptors (Lipinski definition) is 3. The molecule has 0 amide bonds. The van der Waals surface area contributed by atoms with Crippen molar-refractivity contribution in [2.24, 2.45) is 0 Å². The maximum Gasteiger partial charge on any atom is 0.152 e. The molecule has 5 heteroatoms. The summed E-state index contributed by atoms with van der Waals surface area (Å²) in [6, 6.07) is 7.98. The Morgan fingerprint density at radius 1 is 1.35 bits per heavy atom. The first kappa shape index (κ1) is 15.8.